The normalized spacial score (nSPS) is 15.9. The molecule has 1 aliphatic heterocycles. The molecule has 0 saturated carbocycles. The number of aliphatic hydroxyl groups is 1. The number of hydrogen-bond acceptors (Lipinski definition) is 2. The third-order valence-electron chi connectivity index (χ3n) is 2.54. The number of nitrogens with one attached hydrogen (secondary N) is 1. The van der Waals surface area contributed by atoms with Gasteiger partial charge in [-0.05, 0) is 30.5 Å². The van der Waals surface area contributed by atoms with Crippen LogP contribution in [0.3, 0.4) is 0 Å². The van der Waals surface area contributed by atoms with E-state index < -0.39 is 5.60 Å². The Labute approximate surface area is 78.6 Å². The first-order valence-electron chi connectivity index (χ1n) is 4.63. The molecule has 2 nitrogen and oxygen atoms in total. The molecule has 0 atom stereocenters. The van der Waals surface area contributed by atoms with Crippen molar-refractivity contribution in [2.75, 3.05) is 0 Å². The maximum atomic E-state index is 9.80. The van der Waals surface area contributed by atoms with Gasteiger partial charge in [0.25, 0.3) is 0 Å². The SMILES string of the molecule is CC(C)(O)c1ccc2c(c1)CNC2. The zero-order chi connectivity index (χ0) is 9.47. The molecule has 2 rings (SSSR count). The zero-order valence-electron chi connectivity index (χ0n) is 8.09. The van der Waals surface area contributed by atoms with E-state index in [1.165, 1.54) is 11.1 Å². The Balaban J connectivity index is 2.42. The van der Waals surface area contributed by atoms with Crippen molar-refractivity contribution >= 4 is 0 Å². The van der Waals surface area contributed by atoms with Gasteiger partial charge in [0.15, 0.2) is 0 Å². The lowest BCUT2D eigenvalue weighted by Crippen LogP contribution is -2.15. The first-order valence-corrected chi connectivity index (χ1v) is 4.63. The van der Waals surface area contributed by atoms with Gasteiger partial charge in [0.2, 0.25) is 0 Å². The lowest BCUT2D eigenvalue weighted by Gasteiger charge is -2.18. The van der Waals surface area contributed by atoms with Crippen molar-refractivity contribution in [2.24, 2.45) is 0 Å². The van der Waals surface area contributed by atoms with Gasteiger partial charge in [0, 0.05) is 13.1 Å². The number of rotatable bonds is 1. The second kappa shape index (κ2) is 2.82. The van der Waals surface area contributed by atoms with Gasteiger partial charge in [-0.3, -0.25) is 0 Å². The highest BCUT2D eigenvalue weighted by molar-refractivity contribution is 5.36. The van der Waals surface area contributed by atoms with Gasteiger partial charge in [-0.25, -0.2) is 0 Å². The second-order valence-corrected chi connectivity index (χ2v) is 4.15. The Morgan fingerprint density at radius 2 is 1.92 bits per heavy atom. The van der Waals surface area contributed by atoms with Crippen LogP contribution in [-0.4, -0.2) is 5.11 Å². The largest absolute Gasteiger partial charge is 0.386 e. The number of benzene rings is 1. The van der Waals surface area contributed by atoms with Crippen molar-refractivity contribution in [1.29, 1.82) is 0 Å². The average molecular weight is 177 g/mol. The van der Waals surface area contributed by atoms with Crippen LogP contribution in [0.4, 0.5) is 0 Å². The van der Waals surface area contributed by atoms with Crippen LogP contribution in [0.5, 0.6) is 0 Å². The molecule has 0 spiro atoms. The van der Waals surface area contributed by atoms with Crippen molar-refractivity contribution in [3.05, 3.63) is 34.9 Å². The van der Waals surface area contributed by atoms with Crippen LogP contribution in [0.15, 0.2) is 18.2 Å². The van der Waals surface area contributed by atoms with Crippen LogP contribution in [0.2, 0.25) is 0 Å². The van der Waals surface area contributed by atoms with Crippen LogP contribution in [-0.2, 0) is 18.7 Å². The van der Waals surface area contributed by atoms with Gasteiger partial charge in [-0.1, -0.05) is 18.2 Å². The molecule has 1 aromatic rings. The summed E-state index contributed by atoms with van der Waals surface area (Å²) >= 11 is 0. The predicted octanol–water partition coefficient (Wildman–Crippen LogP) is 1.52. The van der Waals surface area contributed by atoms with E-state index in [0.717, 1.165) is 18.7 Å². The molecule has 0 radical (unpaired) electrons. The molecule has 2 heteroatoms. The molecule has 1 aliphatic rings. The summed E-state index contributed by atoms with van der Waals surface area (Å²) in [7, 11) is 0. The summed E-state index contributed by atoms with van der Waals surface area (Å²) in [5, 5.41) is 13.1. The van der Waals surface area contributed by atoms with Gasteiger partial charge in [-0.15, -0.1) is 0 Å². The lowest BCUT2D eigenvalue weighted by atomic mass is 9.95. The van der Waals surface area contributed by atoms with Gasteiger partial charge < -0.3 is 10.4 Å². The Kier molecular flexibility index (Phi) is 1.90. The molecule has 1 heterocycles. The van der Waals surface area contributed by atoms with E-state index in [1.807, 2.05) is 19.9 Å². The third kappa shape index (κ3) is 1.60. The van der Waals surface area contributed by atoms with Crippen molar-refractivity contribution in [2.45, 2.75) is 32.5 Å². The van der Waals surface area contributed by atoms with E-state index in [2.05, 4.69) is 17.4 Å². The Morgan fingerprint density at radius 1 is 1.23 bits per heavy atom. The van der Waals surface area contributed by atoms with Crippen molar-refractivity contribution in [1.82, 2.24) is 5.32 Å². The number of fused-ring (bicyclic) bond motifs is 1. The molecule has 70 valence electrons. The highest BCUT2D eigenvalue weighted by atomic mass is 16.3. The molecule has 0 aliphatic carbocycles. The van der Waals surface area contributed by atoms with E-state index >= 15 is 0 Å². The first kappa shape index (κ1) is 8.73. The minimum atomic E-state index is -0.725. The zero-order valence-corrected chi connectivity index (χ0v) is 8.09. The molecule has 0 fully saturated rings. The molecule has 13 heavy (non-hydrogen) atoms. The van der Waals surface area contributed by atoms with Crippen LogP contribution in [0.25, 0.3) is 0 Å². The monoisotopic (exact) mass is 177 g/mol. The van der Waals surface area contributed by atoms with Crippen LogP contribution in [0, 0.1) is 0 Å². The standard InChI is InChI=1S/C11H15NO/c1-11(2,13)10-4-3-8-6-12-7-9(8)5-10/h3-5,12-13H,6-7H2,1-2H3. The smallest absolute Gasteiger partial charge is 0.0840 e. The average Bonchev–Trinajstić information content (AvgIpc) is 2.47. The second-order valence-electron chi connectivity index (χ2n) is 4.15. The highest BCUT2D eigenvalue weighted by Gasteiger charge is 2.18. The third-order valence-corrected chi connectivity index (χ3v) is 2.54. The van der Waals surface area contributed by atoms with E-state index in [-0.39, 0.29) is 0 Å². The van der Waals surface area contributed by atoms with E-state index in [0.29, 0.717) is 0 Å². The first-order chi connectivity index (χ1) is 6.07. The van der Waals surface area contributed by atoms with Crippen molar-refractivity contribution < 1.29 is 5.11 Å². The predicted molar refractivity (Wildman–Crippen MR) is 52.2 cm³/mol. The quantitative estimate of drug-likeness (QED) is 0.681. The summed E-state index contributed by atoms with van der Waals surface area (Å²) in [6.45, 7) is 5.52. The van der Waals surface area contributed by atoms with Crippen molar-refractivity contribution in [3.8, 4) is 0 Å². The lowest BCUT2D eigenvalue weighted by molar-refractivity contribution is 0.0785. The fourth-order valence-corrected chi connectivity index (χ4v) is 1.68. The molecule has 0 aromatic heterocycles. The highest BCUT2D eigenvalue weighted by Crippen LogP contribution is 2.24. The van der Waals surface area contributed by atoms with Crippen LogP contribution >= 0.6 is 0 Å². The minimum Gasteiger partial charge on any atom is -0.386 e. The fraction of sp³-hybridized carbons (Fsp3) is 0.455. The summed E-state index contributed by atoms with van der Waals surface area (Å²) in [5.41, 5.74) is 2.94. The van der Waals surface area contributed by atoms with Gasteiger partial charge in [0.05, 0.1) is 5.60 Å². The topological polar surface area (TPSA) is 32.3 Å². The van der Waals surface area contributed by atoms with Gasteiger partial charge >= 0.3 is 0 Å². The van der Waals surface area contributed by atoms with Gasteiger partial charge in [-0.2, -0.15) is 0 Å². The van der Waals surface area contributed by atoms with E-state index in [1.54, 1.807) is 0 Å². The minimum absolute atomic E-state index is 0.725. The molecule has 0 amide bonds. The molecule has 0 unspecified atom stereocenters. The molecule has 0 saturated heterocycles. The summed E-state index contributed by atoms with van der Waals surface area (Å²) in [6.07, 6.45) is 0. The molecule has 1 aromatic carbocycles. The maximum absolute atomic E-state index is 9.80. The van der Waals surface area contributed by atoms with E-state index in [4.69, 9.17) is 0 Å². The van der Waals surface area contributed by atoms with Crippen LogP contribution in [0.1, 0.15) is 30.5 Å². The molecular weight excluding hydrogens is 162 g/mol. The summed E-state index contributed by atoms with van der Waals surface area (Å²) in [5.74, 6) is 0. The summed E-state index contributed by atoms with van der Waals surface area (Å²) < 4.78 is 0. The molecule has 2 N–H and O–H groups in total. The molecule has 0 bridgehead atoms. The Bertz CT molecular complexity index is 325. The molecular formula is C11H15NO. The van der Waals surface area contributed by atoms with Crippen molar-refractivity contribution in [3.63, 3.8) is 0 Å². The maximum Gasteiger partial charge on any atom is 0.0840 e. The van der Waals surface area contributed by atoms with Gasteiger partial charge in [0.1, 0.15) is 0 Å². The van der Waals surface area contributed by atoms with E-state index in [9.17, 15) is 5.11 Å². The Morgan fingerprint density at radius 3 is 2.62 bits per heavy atom. The Hall–Kier alpha value is -0.860. The number of hydrogen-bond donors (Lipinski definition) is 2. The fourth-order valence-electron chi connectivity index (χ4n) is 1.68. The summed E-state index contributed by atoms with van der Waals surface area (Å²) in [4.78, 5) is 0. The van der Waals surface area contributed by atoms with Crippen LogP contribution < -0.4 is 5.32 Å². The summed E-state index contributed by atoms with van der Waals surface area (Å²) in [6, 6.07) is 6.20.